The standard InChI is InChI=1S/C30H38N6OS/c1-20-9-12-24(13-10-20)19-36-26-14-11-21(2)18-25(26)27-28(36)32-30(34-33-27)38-23(4)29(37)31-15-7-17-35-16-6-5-8-22(35)3/h9-14,18,22-23H,5-8,15-17,19H2,1-4H3,(H,31,37). The highest BCUT2D eigenvalue weighted by molar-refractivity contribution is 8.00. The monoisotopic (exact) mass is 530 g/mol. The molecule has 0 aliphatic carbocycles. The van der Waals surface area contributed by atoms with Crippen LogP contribution in [0.5, 0.6) is 0 Å². The van der Waals surface area contributed by atoms with Crippen molar-refractivity contribution in [2.45, 2.75) is 76.4 Å². The summed E-state index contributed by atoms with van der Waals surface area (Å²) >= 11 is 1.36. The Morgan fingerprint density at radius 2 is 1.89 bits per heavy atom. The molecule has 1 N–H and O–H groups in total. The zero-order chi connectivity index (χ0) is 26.6. The van der Waals surface area contributed by atoms with Crippen LogP contribution < -0.4 is 5.32 Å². The lowest BCUT2D eigenvalue weighted by atomic mass is 10.0. The number of benzene rings is 2. The maximum Gasteiger partial charge on any atom is 0.233 e. The molecule has 0 radical (unpaired) electrons. The van der Waals surface area contributed by atoms with E-state index in [0.717, 1.165) is 35.0 Å². The third-order valence-corrected chi connectivity index (χ3v) is 8.53. The molecule has 38 heavy (non-hydrogen) atoms. The number of hydrogen-bond acceptors (Lipinski definition) is 6. The molecule has 4 aromatic rings. The first-order valence-corrected chi connectivity index (χ1v) is 14.6. The Labute approximate surface area is 229 Å². The van der Waals surface area contributed by atoms with Gasteiger partial charge < -0.3 is 14.8 Å². The summed E-state index contributed by atoms with van der Waals surface area (Å²) < 4.78 is 2.21. The Morgan fingerprint density at radius 1 is 1.11 bits per heavy atom. The molecule has 3 heterocycles. The van der Waals surface area contributed by atoms with E-state index in [1.54, 1.807) is 0 Å². The van der Waals surface area contributed by atoms with Crippen molar-refractivity contribution in [2.24, 2.45) is 0 Å². The van der Waals surface area contributed by atoms with Crippen LogP contribution in [0.4, 0.5) is 0 Å². The van der Waals surface area contributed by atoms with Crippen LogP contribution in [0.2, 0.25) is 0 Å². The van der Waals surface area contributed by atoms with Crippen molar-refractivity contribution in [3.63, 3.8) is 0 Å². The topological polar surface area (TPSA) is 75.9 Å². The third kappa shape index (κ3) is 6.02. The fraction of sp³-hybridized carbons (Fsp3) is 0.467. The van der Waals surface area contributed by atoms with E-state index in [4.69, 9.17) is 4.98 Å². The van der Waals surface area contributed by atoms with Gasteiger partial charge in [0.05, 0.1) is 10.8 Å². The predicted octanol–water partition coefficient (Wildman–Crippen LogP) is 5.51. The second-order valence-corrected chi connectivity index (χ2v) is 12.0. The maximum atomic E-state index is 12.8. The van der Waals surface area contributed by atoms with E-state index >= 15 is 0 Å². The molecule has 0 saturated carbocycles. The molecule has 1 amide bonds. The minimum Gasteiger partial charge on any atom is -0.355 e. The Kier molecular flexibility index (Phi) is 8.29. The van der Waals surface area contributed by atoms with Gasteiger partial charge in [-0.05, 0) is 71.2 Å². The number of aryl methyl sites for hydroxylation is 2. The quantitative estimate of drug-likeness (QED) is 0.227. The Morgan fingerprint density at radius 3 is 2.68 bits per heavy atom. The third-order valence-electron chi connectivity index (χ3n) is 7.58. The number of rotatable bonds is 9. The molecule has 2 atom stereocenters. The molecule has 1 saturated heterocycles. The largest absolute Gasteiger partial charge is 0.355 e. The summed E-state index contributed by atoms with van der Waals surface area (Å²) in [6.07, 6.45) is 4.86. The first-order valence-electron chi connectivity index (χ1n) is 13.8. The number of nitrogens with one attached hydrogen (secondary N) is 1. The van der Waals surface area contributed by atoms with Crippen LogP contribution in [-0.4, -0.2) is 61.5 Å². The second kappa shape index (κ2) is 11.8. The van der Waals surface area contributed by atoms with Crippen LogP contribution >= 0.6 is 11.8 Å². The zero-order valence-corrected chi connectivity index (χ0v) is 23.7. The number of hydrogen-bond donors (Lipinski definition) is 1. The van der Waals surface area contributed by atoms with Crippen molar-refractivity contribution in [1.82, 2.24) is 30.0 Å². The molecule has 0 bridgehead atoms. The van der Waals surface area contributed by atoms with Crippen LogP contribution in [0.3, 0.4) is 0 Å². The minimum absolute atomic E-state index is 0.0150. The van der Waals surface area contributed by atoms with Gasteiger partial charge in [-0.1, -0.05) is 59.6 Å². The summed E-state index contributed by atoms with van der Waals surface area (Å²) in [5.41, 5.74) is 6.30. The van der Waals surface area contributed by atoms with E-state index in [0.29, 0.717) is 24.3 Å². The average Bonchev–Trinajstić information content (AvgIpc) is 3.20. The molecule has 2 aromatic carbocycles. The molecule has 1 aliphatic rings. The fourth-order valence-corrected chi connectivity index (χ4v) is 6.01. The van der Waals surface area contributed by atoms with E-state index in [1.807, 2.05) is 6.92 Å². The lowest BCUT2D eigenvalue weighted by Crippen LogP contribution is -2.39. The van der Waals surface area contributed by atoms with Gasteiger partial charge in [0.15, 0.2) is 5.65 Å². The first kappa shape index (κ1) is 26.6. The average molecular weight is 531 g/mol. The molecule has 7 nitrogen and oxygen atoms in total. The number of carbonyl (C=O) groups is 1. The van der Waals surface area contributed by atoms with Gasteiger partial charge in [-0.15, -0.1) is 10.2 Å². The molecular weight excluding hydrogens is 492 g/mol. The van der Waals surface area contributed by atoms with Crippen LogP contribution in [0, 0.1) is 13.8 Å². The van der Waals surface area contributed by atoms with E-state index < -0.39 is 0 Å². The Hall–Kier alpha value is -2.97. The number of amides is 1. The highest BCUT2D eigenvalue weighted by Crippen LogP contribution is 2.30. The highest BCUT2D eigenvalue weighted by atomic mass is 32.2. The number of fused-ring (bicyclic) bond motifs is 3. The van der Waals surface area contributed by atoms with Gasteiger partial charge in [-0.2, -0.15) is 0 Å². The van der Waals surface area contributed by atoms with Crippen molar-refractivity contribution in [2.75, 3.05) is 19.6 Å². The summed E-state index contributed by atoms with van der Waals surface area (Å²) in [5, 5.41) is 13.4. The SMILES string of the molecule is Cc1ccc(Cn2c3ccc(C)cc3c3nnc(SC(C)C(=O)NCCCN4CCCCC4C)nc32)cc1. The summed E-state index contributed by atoms with van der Waals surface area (Å²) in [6.45, 7) is 12.0. The molecular formula is C30H38N6OS. The van der Waals surface area contributed by atoms with Crippen LogP contribution in [0.15, 0.2) is 47.6 Å². The molecule has 2 unspecified atom stereocenters. The molecule has 8 heteroatoms. The van der Waals surface area contributed by atoms with Crippen molar-refractivity contribution in [1.29, 1.82) is 0 Å². The molecule has 5 rings (SSSR count). The Balaban J connectivity index is 1.29. The number of aromatic nitrogens is 4. The fourth-order valence-electron chi connectivity index (χ4n) is 5.28. The van der Waals surface area contributed by atoms with Crippen LogP contribution in [0.25, 0.3) is 22.1 Å². The summed E-state index contributed by atoms with van der Waals surface area (Å²) in [4.78, 5) is 20.3. The van der Waals surface area contributed by atoms with Gasteiger partial charge in [-0.3, -0.25) is 4.79 Å². The number of likely N-dealkylation sites (tertiary alicyclic amines) is 1. The Bertz CT molecular complexity index is 1420. The van der Waals surface area contributed by atoms with Gasteiger partial charge in [0.25, 0.3) is 0 Å². The molecule has 1 aliphatic heterocycles. The van der Waals surface area contributed by atoms with Crippen LogP contribution in [0.1, 0.15) is 56.2 Å². The number of piperidine rings is 1. The van der Waals surface area contributed by atoms with E-state index in [1.165, 1.54) is 54.3 Å². The van der Waals surface area contributed by atoms with Gasteiger partial charge in [0.2, 0.25) is 11.1 Å². The van der Waals surface area contributed by atoms with Gasteiger partial charge in [0.1, 0.15) is 5.52 Å². The lowest BCUT2D eigenvalue weighted by molar-refractivity contribution is -0.120. The molecule has 0 spiro atoms. The van der Waals surface area contributed by atoms with Crippen molar-refractivity contribution in [3.8, 4) is 0 Å². The summed E-state index contributed by atoms with van der Waals surface area (Å²) in [5.74, 6) is 0.0150. The predicted molar refractivity (Wildman–Crippen MR) is 156 cm³/mol. The number of carbonyl (C=O) groups excluding carboxylic acids is 1. The molecule has 200 valence electrons. The number of nitrogens with zero attached hydrogens (tertiary/aromatic N) is 5. The highest BCUT2D eigenvalue weighted by Gasteiger charge is 2.21. The lowest BCUT2D eigenvalue weighted by Gasteiger charge is -2.33. The maximum absolute atomic E-state index is 12.8. The van der Waals surface area contributed by atoms with Crippen molar-refractivity contribution < 1.29 is 4.79 Å². The van der Waals surface area contributed by atoms with Gasteiger partial charge in [-0.25, -0.2) is 4.98 Å². The van der Waals surface area contributed by atoms with Crippen LogP contribution in [-0.2, 0) is 11.3 Å². The molecule has 2 aromatic heterocycles. The number of thioether (sulfide) groups is 1. The van der Waals surface area contributed by atoms with Crippen molar-refractivity contribution >= 4 is 39.7 Å². The first-order chi connectivity index (χ1) is 18.4. The van der Waals surface area contributed by atoms with Gasteiger partial charge in [0, 0.05) is 31.1 Å². The summed E-state index contributed by atoms with van der Waals surface area (Å²) in [6, 6.07) is 15.6. The minimum atomic E-state index is -0.305. The van der Waals surface area contributed by atoms with E-state index in [2.05, 4.69) is 88.2 Å². The van der Waals surface area contributed by atoms with Crippen molar-refractivity contribution in [3.05, 3.63) is 59.2 Å². The van der Waals surface area contributed by atoms with E-state index in [9.17, 15) is 4.79 Å². The van der Waals surface area contributed by atoms with Gasteiger partial charge >= 0.3 is 0 Å². The second-order valence-electron chi connectivity index (χ2n) is 10.6. The normalized spacial score (nSPS) is 17.2. The zero-order valence-electron chi connectivity index (χ0n) is 22.9. The summed E-state index contributed by atoms with van der Waals surface area (Å²) in [7, 11) is 0. The van der Waals surface area contributed by atoms with E-state index in [-0.39, 0.29) is 11.2 Å². The molecule has 1 fully saturated rings. The smallest absolute Gasteiger partial charge is 0.233 e.